The highest BCUT2D eigenvalue weighted by atomic mass is 19.1. The zero-order valence-corrected chi connectivity index (χ0v) is 9.78. The van der Waals surface area contributed by atoms with Crippen LogP contribution >= 0.6 is 0 Å². The minimum atomic E-state index is -0.919. The summed E-state index contributed by atoms with van der Waals surface area (Å²) in [6, 6.07) is 4.01. The Morgan fingerprint density at radius 2 is 1.84 bits per heavy atom. The molecule has 0 saturated carbocycles. The summed E-state index contributed by atoms with van der Waals surface area (Å²) in [4.78, 5) is 15.0. The van der Waals surface area contributed by atoms with Gasteiger partial charge in [0.25, 0.3) is 0 Å². The van der Waals surface area contributed by atoms with E-state index in [1.807, 2.05) is 0 Å². The molecule has 0 fully saturated rings. The van der Waals surface area contributed by atoms with Crippen LogP contribution in [-0.4, -0.2) is 18.1 Å². The van der Waals surface area contributed by atoms with Crippen molar-refractivity contribution in [2.24, 2.45) is 0 Å². The zero-order valence-electron chi connectivity index (χ0n) is 9.78. The van der Waals surface area contributed by atoms with Gasteiger partial charge in [-0.15, -0.1) is 0 Å². The first kappa shape index (κ1) is 13.1. The smallest absolute Gasteiger partial charge is 0.357 e. The van der Waals surface area contributed by atoms with Crippen molar-refractivity contribution < 1.29 is 22.7 Å². The van der Waals surface area contributed by atoms with E-state index >= 15 is 0 Å². The number of carbonyl (C=O) groups is 1. The molecule has 6 heteroatoms. The molecular formula is C13H8F3NO2. The second-order valence-electron chi connectivity index (χ2n) is 3.64. The first-order valence-corrected chi connectivity index (χ1v) is 5.23. The van der Waals surface area contributed by atoms with Crippen LogP contribution in [0.1, 0.15) is 10.5 Å². The highest BCUT2D eigenvalue weighted by Crippen LogP contribution is 2.29. The molecule has 0 N–H and O–H groups in total. The van der Waals surface area contributed by atoms with Crippen LogP contribution in [-0.2, 0) is 4.74 Å². The monoisotopic (exact) mass is 267 g/mol. The first-order chi connectivity index (χ1) is 9.04. The zero-order chi connectivity index (χ0) is 14.0. The molecule has 1 aromatic carbocycles. The summed E-state index contributed by atoms with van der Waals surface area (Å²) >= 11 is 0. The maximum atomic E-state index is 13.7. The van der Waals surface area contributed by atoms with Crippen molar-refractivity contribution in [3.8, 4) is 11.1 Å². The first-order valence-electron chi connectivity index (χ1n) is 5.23. The lowest BCUT2D eigenvalue weighted by Crippen LogP contribution is -2.08. The van der Waals surface area contributed by atoms with E-state index in [-0.39, 0.29) is 11.3 Å². The van der Waals surface area contributed by atoms with Gasteiger partial charge in [0.1, 0.15) is 17.5 Å². The number of pyridine rings is 1. The molecule has 0 aliphatic heterocycles. The number of halogens is 3. The number of rotatable bonds is 2. The Morgan fingerprint density at radius 3 is 2.42 bits per heavy atom. The van der Waals surface area contributed by atoms with E-state index in [0.29, 0.717) is 0 Å². The van der Waals surface area contributed by atoms with Crippen LogP contribution in [0.5, 0.6) is 0 Å². The molecule has 0 amide bonds. The molecule has 0 radical (unpaired) electrons. The molecule has 2 rings (SSSR count). The Kier molecular flexibility index (Phi) is 3.50. The lowest BCUT2D eigenvalue weighted by molar-refractivity contribution is 0.0595. The summed E-state index contributed by atoms with van der Waals surface area (Å²) in [5, 5.41) is 0. The van der Waals surface area contributed by atoms with Gasteiger partial charge in [-0.2, -0.15) is 0 Å². The fourth-order valence-electron chi connectivity index (χ4n) is 1.64. The van der Waals surface area contributed by atoms with Gasteiger partial charge in [-0.1, -0.05) is 6.07 Å². The number of nitrogens with zero attached hydrogens (tertiary/aromatic N) is 1. The van der Waals surface area contributed by atoms with E-state index in [4.69, 9.17) is 0 Å². The number of ether oxygens (including phenoxy) is 1. The number of aromatic nitrogens is 1. The fraction of sp³-hybridized carbons (Fsp3) is 0.0769. The van der Waals surface area contributed by atoms with Crippen LogP contribution in [0, 0.1) is 17.5 Å². The molecule has 0 aliphatic carbocycles. The third-order valence-electron chi connectivity index (χ3n) is 2.47. The molecule has 0 atom stereocenters. The number of hydrogen-bond donors (Lipinski definition) is 0. The van der Waals surface area contributed by atoms with Gasteiger partial charge in [0.05, 0.1) is 18.9 Å². The van der Waals surface area contributed by atoms with Gasteiger partial charge in [0, 0.05) is 5.56 Å². The van der Waals surface area contributed by atoms with Gasteiger partial charge in [0.15, 0.2) is 5.69 Å². The molecule has 1 heterocycles. The molecule has 2 aromatic rings. The van der Waals surface area contributed by atoms with E-state index in [0.717, 1.165) is 31.5 Å². The van der Waals surface area contributed by atoms with E-state index in [2.05, 4.69) is 9.72 Å². The second kappa shape index (κ2) is 5.09. The van der Waals surface area contributed by atoms with Crippen LogP contribution in [0.15, 0.2) is 30.5 Å². The predicted octanol–water partition coefficient (Wildman–Crippen LogP) is 2.95. The van der Waals surface area contributed by atoms with Gasteiger partial charge < -0.3 is 4.74 Å². The Hall–Kier alpha value is -2.37. The molecular weight excluding hydrogens is 259 g/mol. The largest absolute Gasteiger partial charge is 0.464 e. The highest BCUT2D eigenvalue weighted by molar-refractivity contribution is 5.95. The maximum Gasteiger partial charge on any atom is 0.357 e. The average molecular weight is 267 g/mol. The molecule has 0 spiro atoms. The minimum absolute atomic E-state index is 0.289. The van der Waals surface area contributed by atoms with E-state index in [9.17, 15) is 18.0 Å². The Labute approximate surface area is 106 Å². The number of methoxy groups -OCH3 is 1. The summed E-state index contributed by atoms with van der Waals surface area (Å²) < 4.78 is 45.0. The molecule has 98 valence electrons. The predicted molar refractivity (Wildman–Crippen MR) is 60.9 cm³/mol. The van der Waals surface area contributed by atoms with Crippen molar-refractivity contribution in [1.29, 1.82) is 0 Å². The summed E-state index contributed by atoms with van der Waals surface area (Å²) in [7, 11) is 1.09. The number of esters is 1. The maximum absolute atomic E-state index is 13.7. The van der Waals surface area contributed by atoms with Crippen molar-refractivity contribution >= 4 is 5.97 Å². The molecule has 0 saturated heterocycles. The van der Waals surface area contributed by atoms with Crippen LogP contribution in [0.3, 0.4) is 0 Å². The van der Waals surface area contributed by atoms with Crippen molar-refractivity contribution in [3.05, 3.63) is 53.6 Å². The third kappa shape index (κ3) is 2.42. The van der Waals surface area contributed by atoms with Crippen LogP contribution < -0.4 is 0 Å². The van der Waals surface area contributed by atoms with Crippen LogP contribution in [0.4, 0.5) is 13.2 Å². The molecule has 0 aliphatic rings. The van der Waals surface area contributed by atoms with Crippen LogP contribution in [0.2, 0.25) is 0 Å². The van der Waals surface area contributed by atoms with Crippen molar-refractivity contribution in [3.63, 3.8) is 0 Å². The summed E-state index contributed by atoms with van der Waals surface area (Å²) in [5.41, 5.74) is -1.16. The lowest BCUT2D eigenvalue weighted by atomic mass is 10.0. The Bertz CT molecular complexity index is 624. The normalized spacial score (nSPS) is 10.3. The van der Waals surface area contributed by atoms with Gasteiger partial charge >= 0.3 is 5.97 Å². The third-order valence-corrected chi connectivity index (χ3v) is 2.47. The number of benzene rings is 1. The quantitative estimate of drug-likeness (QED) is 0.785. The Balaban J connectivity index is 2.74. The minimum Gasteiger partial charge on any atom is -0.464 e. The summed E-state index contributed by atoms with van der Waals surface area (Å²) in [6.45, 7) is 0. The topological polar surface area (TPSA) is 39.2 Å². The molecule has 0 bridgehead atoms. The molecule has 3 nitrogen and oxygen atoms in total. The fourth-order valence-corrected chi connectivity index (χ4v) is 1.64. The average Bonchev–Trinajstić information content (AvgIpc) is 2.38. The van der Waals surface area contributed by atoms with Gasteiger partial charge in [-0.25, -0.2) is 22.9 Å². The summed E-state index contributed by atoms with van der Waals surface area (Å²) in [6.07, 6.45) is 0.772. The van der Waals surface area contributed by atoms with E-state index in [1.165, 1.54) is 6.07 Å². The molecule has 1 aromatic heterocycles. The highest BCUT2D eigenvalue weighted by Gasteiger charge is 2.21. The van der Waals surface area contributed by atoms with Gasteiger partial charge in [-0.3, -0.25) is 0 Å². The van der Waals surface area contributed by atoms with Gasteiger partial charge in [0.2, 0.25) is 0 Å². The molecule has 0 unspecified atom stereocenters. The number of hydrogen-bond acceptors (Lipinski definition) is 3. The SMILES string of the molecule is COC(=O)c1ncc(F)cc1-c1c(F)cccc1F. The molecule has 19 heavy (non-hydrogen) atoms. The second-order valence-corrected chi connectivity index (χ2v) is 3.64. The number of carbonyl (C=O) groups excluding carboxylic acids is 1. The van der Waals surface area contributed by atoms with E-state index < -0.39 is 29.0 Å². The van der Waals surface area contributed by atoms with Crippen LogP contribution in [0.25, 0.3) is 11.1 Å². The van der Waals surface area contributed by atoms with Gasteiger partial charge in [-0.05, 0) is 18.2 Å². The standard InChI is InChI=1S/C13H8F3NO2/c1-19-13(18)12-8(5-7(14)6-17-12)11-9(15)3-2-4-10(11)16/h2-6H,1H3. The summed E-state index contributed by atoms with van der Waals surface area (Å²) in [5.74, 6) is -3.56. The van der Waals surface area contributed by atoms with Crippen molar-refractivity contribution in [1.82, 2.24) is 4.98 Å². The Morgan fingerprint density at radius 1 is 1.21 bits per heavy atom. The lowest BCUT2D eigenvalue weighted by Gasteiger charge is -2.09. The van der Waals surface area contributed by atoms with Crippen molar-refractivity contribution in [2.45, 2.75) is 0 Å². The van der Waals surface area contributed by atoms with E-state index in [1.54, 1.807) is 0 Å². The van der Waals surface area contributed by atoms with Crippen molar-refractivity contribution in [2.75, 3.05) is 7.11 Å².